The van der Waals surface area contributed by atoms with Gasteiger partial charge in [0.05, 0.1) is 18.8 Å². The van der Waals surface area contributed by atoms with Gasteiger partial charge in [0, 0.05) is 31.8 Å². The number of aliphatic hydroxyl groups is 1. The van der Waals surface area contributed by atoms with Crippen LogP contribution in [0.1, 0.15) is 44.6 Å². The van der Waals surface area contributed by atoms with E-state index in [0.29, 0.717) is 31.9 Å². The Kier molecular flexibility index (Phi) is 6.28. The Morgan fingerprint density at radius 2 is 1.71 bits per heavy atom. The molecule has 1 aromatic rings. The van der Waals surface area contributed by atoms with Crippen molar-refractivity contribution in [1.29, 1.82) is 0 Å². The number of rotatable bonds is 9. The fourth-order valence-corrected chi connectivity index (χ4v) is 4.30. The van der Waals surface area contributed by atoms with Gasteiger partial charge in [0.2, 0.25) is 0 Å². The highest BCUT2D eigenvalue weighted by Crippen LogP contribution is 2.42. The van der Waals surface area contributed by atoms with Gasteiger partial charge in [-0.1, -0.05) is 30.3 Å². The lowest BCUT2D eigenvalue weighted by Gasteiger charge is -2.44. The monoisotopic (exact) mass is 333 g/mol. The molecule has 3 rings (SSSR count). The van der Waals surface area contributed by atoms with E-state index < -0.39 is 5.60 Å². The molecular formula is C20H31NO3. The minimum Gasteiger partial charge on any atom is -0.390 e. The molecule has 4 heteroatoms. The van der Waals surface area contributed by atoms with Crippen LogP contribution in [0, 0.1) is 0 Å². The van der Waals surface area contributed by atoms with Gasteiger partial charge in [-0.25, -0.2) is 0 Å². The van der Waals surface area contributed by atoms with Gasteiger partial charge in [0.25, 0.3) is 0 Å². The molecule has 2 bridgehead atoms. The highest BCUT2D eigenvalue weighted by atomic mass is 16.5. The molecule has 134 valence electrons. The molecule has 2 atom stereocenters. The van der Waals surface area contributed by atoms with E-state index in [4.69, 9.17) is 9.47 Å². The zero-order valence-corrected chi connectivity index (χ0v) is 14.8. The predicted octanol–water partition coefficient (Wildman–Crippen LogP) is 2.99. The Balaban J connectivity index is 1.47. The molecule has 2 aliphatic heterocycles. The third-order valence-corrected chi connectivity index (χ3v) is 5.50. The first-order valence-electron chi connectivity index (χ1n) is 9.38. The van der Waals surface area contributed by atoms with Gasteiger partial charge in [-0.15, -0.1) is 0 Å². The van der Waals surface area contributed by atoms with E-state index in [9.17, 15) is 5.11 Å². The van der Waals surface area contributed by atoms with Crippen molar-refractivity contribution >= 4 is 0 Å². The molecule has 1 N–H and O–H groups in total. The Labute approximate surface area is 145 Å². The molecule has 0 amide bonds. The standard InChI is InChI=1S/C20H31NO3/c1-2-23-12-13-24-11-10-20(22)14-18-8-9-19(15-20)21(18)16-17-6-4-3-5-7-17/h3-7,18-19,22H,2,8-16H2,1H3. The largest absolute Gasteiger partial charge is 0.390 e. The van der Waals surface area contributed by atoms with Crippen molar-refractivity contribution in [3.63, 3.8) is 0 Å². The van der Waals surface area contributed by atoms with Crippen LogP contribution in [0.4, 0.5) is 0 Å². The summed E-state index contributed by atoms with van der Waals surface area (Å²) in [4.78, 5) is 2.61. The minimum absolute atomic E-state index is 0.511. The summed E-state index contributed by atoms with van der Waals surface area (Å²) in [7, 11) is 0. The lowest BCUT2D eigenvalue weighted by molar-refractivity contribution is -0.0750. The van der Waals surface area contributed by atoms with Gasteiger partial charge >= 0.3 is 0 Å². The van der Waals surface area contributed by atoms with Crippen LogP contribution in [-0.2, 0) is 16.0 Å². The highest BCUT2D eigenvalue weighted by Gasteiger charge is 2.46. The summed E-state index contributed by atoms with van der Waals surface area (Å²) < 4.78 is 10.9. The van der Waals surface area contributed by atoms with Gasteiger partial charge in [-0.2, -0.15) is 0 Å². The molecule has 0 aliphatic carbocycles. The molecular weight excluding hydrogens is 302 g/mol. The van der Waals surface area contributed by atoms with Crippen LogP contribution in [-0.4, -0.2) is 54.1 Å². The quantitative estimate of drug-likeness (QED) is 0.706. The summed E-state index contributed by atoms with van der Waals surface area (Å²) >= 11 is 0. The van der Waals surface area contributed by atoms with Crippen LogP contribution >= 0.6 is 0 Å². The minimum atomic E-state index is -0.551. The van der Waals surface area contributed by atoms with E-state index in [-0.39, 0.29) is 0 Å². The van der Waals surface area contributed by atoms with Crippen molar-refractivity contribution in [3.05, 3.63) is 35.9 Å². The fourth-order valence-electron chi connectivity index (χ4n) is 4.30. The average Bonchev–Trinajstić information content (AvgIpc) is 2.83. The predicted molar refractivity (Wildman–Crippen MR) is 94.9 cm³/mol. The second-order valence-corrected chi connectivity index (χ2v) is 7.23. The smallest absolute Gasteiger partial charge is 0.0700 e. The first kappa shape index (κ1) is 17.9. The third-order valence-electron chi connectivity index (χ3n) is 5.50. The first-order chi connectivity index (χ1) is 11.7. The molecule has 1 aromatic carbocycles. The van der Waals surface area contributed by atoms with Crippen molar-refractivity contribution < 1.29 is 14.6 Å². The van der Waals surface area contributed by atoms with Gasteiger partial charge in [0.15, 0.2) is 0 Å². The summed E-state index contributed by atoms with van der Waals surface area (Å²) in [5.41, 5.74) is 0.823. The summed E-state index contributed by atoms with van der Waals surface area (Å²) in [6.45, 7) is 5.62. The topological polar surface area (TPSA) is 41.9 Å². The van der Waals surface area contributed by atoms with Crippen molar-refractivity contribution in [2.24, 2.45) is 0 Å². The third kappa shape index (κ3) is 4.57. The Hall–Kier alpha value is -0.940. The van der Waals surface area contributed by atoms with E-state index in [1.54, 1.807) is 0 Å². The molecule has 2 unspecified atom stereocenters. The number of piperidine rings is 1. The molecule has 2 heterocycles. The lowest BCUT2D eigenvalue weighted by Crippen LogP contribution is -2.51. The zero-order chi connectivity index (χ0) is 16.8. The van der Waals surface area contributed by atoms with Gasteiger partial charge in [0.1, 0.15) is 0 Å². The van der Waals surface area contributed by atoms with Gasteiger partial charge in [-0.3, -0.25) is 4.90 Å². The molecule has 2 fully saturated rings. The van der Waals surface area contributed by atoms with E-state index in [1.165, 1.54) is 18.4 Å². The zero-order valence-electron chi connectivity index (χ0n) is 14.8. The number of ether oxygens (including phenoxy) is 2. The van der Waals surface area contributed by atoms with E-state index in [2.05, 4.69) is 35.2 Å². The number of hydrogen-bond donors (Lipinski definition) is 1. The number of benzene rings is 1. The first-order valence-corrected chi connectivity index (χ1v) is 9.38. The van der Waals surface area contributed by atoms with Gasteiger partial charge < -0.3 is 14.6 Å². The maximum absolute atomic E-state index is 11.0. The van der Waals surface area contributed by atoms with Crippen LogP contribution in [0.5, 0.6) is 0 Å². The fraction of sp³-hybridized carbons (Fsp3) is 0.700. The Bertz CT molecular complexity index is 479. The van der Waals surface area contributed by atoms with Crippen LogP contribution in [0.2, 0.25) is 0 Å². The summed E-state index contributed by atoms with van der Waals surface area (Å²) in [6, 6.07) is 11.7. The molecule has 2 saturated heterocycles. The number of nitrogens with zero attached hydrogens (tertiary/aromatic N) is 1. The van der Waals surface area contributed by atoms with Crippen LogP contribution in [0.3, 0.4) is 0 Å². The van der Waals surface area contributed by atoms with E-state index in [0.717, 1.165) is 32.4 Å². The average molecular weight is 333 g/mol. The van der Waals surface area contributed by atoms with E-state index in [1.807, 2.05) is 6.92 Å². The second-order valence-electron chi connectivity index (χ2n) is 7.23. The lowest BCUT2D eigenvalue weighted by atomic mass is 9.83. The number of hydrogen-bond acceptors (Lipinski definition) is 4. The van der Waals surface area contributed by atoms with Crippen molar-refractivity contribution in [2.75, 3.05) is 26.4 Å². The Morgan fingerprint density at radius 1 is 1.04 bits per heavy atom. The molecule has 0 aromatic heterocycles. The second kappa shape index (κ2) is 8.43. The maximum atomic E-state index is 11.0. The highest BCUT2D eigenvalue weighted by molar-refractivity contribution is 5.16. The van der Waals surface area contributed by atoms with Crippen LogP contribution in [0.25, 0.3) is 0 Å². The molecule has 0 saturated carbocycles. The van der Waals surface area contributed by atoms with Crippen LogP contribution < -0.4 is 0 Å². The molecule has 0 radical (unpaired) electrons. The normalized spacial score (nSPS) is 29.9. The van der Waals surface area contributed by atoms with Crippen LogP contribution in [0.15, 0.2) is 30.3 Å². The molecule has 24 heavy (non-hydrogen) atoms. The molecule has 4 nitrogen and oxygen atoms in total. The van der Waals surface area contributed by atoms with Crippen molar-refractivity contribution in [2.45, 2.75) is 63.3 Å². The molecule has 0 spiro atoms. The summed E-state index contributed by atoms with van der Waals surface area (Å²) in [5.74, 6) is 0. The van der Waals surface area contributed by atoms with E-state index >= 15 is 0 Å². The molecule has 2 aliphatic rings. The summed E-state index contributed by atoms with van der Waals surface area (Å²) in [5, 5.41) is 11.0. The van der Waals surface area contributed by atoms with Crippen molar-refractivity contribution in [3.8, 4) is 0 Å². The number of fused-ring (bicyclic) bond motifs is 2. The van der Waals surface area contributed by atoms with Gasteiger partial charge in [-0.05, 0) is 44.6 Å². The maximum Gasteiger partial charge on any atom is 0.0700 e. The summed E-state index contributed by atoms with van der Waals surface area (Å²) in [6.07, 6.45) is 4.93. The Morgan fingerprint density at radius 3 is 2.38 bits per heavy atom. The van der Waals surface area contributed by atoms with Crippen molar-refractivity contribution in [1.82, 2.24) is 4.90 Å². The SMILES string of the molecule is CCOCCOCCC1(O)CC2CCC(C1)N2Cc1ccccc1.